The van der Waals surface area contributed by atoms with Gasteiger partial charge in [-0.3, -0.25) is 0 Å². The molecule has 1 aliphatic heterocycles. The second kappa shape index (κ2) is 6.45. The summed E-state index contributed by atoms with van der Waals surface area (Å²) in [7, 11) is 0. The zero-order valence-electron chi connectivity index (χ0n) is 12.8. The topological polar surface area (TPSA) is 59.0 Å². The second-order valence-electron chi connectivity index (χ2n) is 6.19. The average Bonchev–Trinajstić information content (AvgIpc) is 2.46. The third kappa shape index (κ3) is 4.44. The predicted molar refractivity (Wildman–Crippen MR) is 78.9 cm³/mol. The molecule has 0 unspecified atom stereocenters. The number of rotatable bonds is 2. The van der Waals surface area contributed by atoms with Crippen molar-refractivity contribution in [3.8, 4) is 0 Å². The van der Waals surface area contributed by atoms with E-state index in [9.17, 15) is 9.90 Å². The van der Waals surface area contributed by atoms with Gasteiger partial charge in [0.1, 0.15) is 17.8 Å². The molecule has 2 atom stereocenters. The summed E-state index contributed by atoms with van der Waals surface area (Å²) < 4.78 is 11.0. The molecule has 1 aromatic rings. The van der Waals surface area contributed by atoms with Gasteiger partial charge in [0.2, 0.25) is 0 Å². The van der Waals surface area contributed by atoms with Gasteiger partial charge < -0.3 is 19.5 Å². The van der Waals surface area contributed by atoms with E-state index in [1.54, 1.807) is 4.90 Å². The molecule has 1 aromatic carbocycles. The molecule has 1 amide bonds. The Balaban J connectivity index is 1.99. The first-order valence-electron chi connectivity index (χ1n) is 7.19. The molecule has 1 heterocycles. The Kier molecular flexibility index (Phi) is 4.85. The molecule has 1 aliphatic rings. The molecule has 5 heteroatoms. The Morgan fingerprint density at radius 3 is 2.67 bits per heavy atom. The molecule has 0 radical (unpaired) electrons. The van der Waals surface area contributed by atoms with Crippen molar-refractivity contribution in [3.05, 3.63) is 35.9 Å². The van der Waals surface area contributed by atoms with E-state index in [2.05, 4.69) is 0 Å². The van der Waals surface area contributed by atoms with E-state index < -0.39 is 17.8 Å². The molecular weight excluding hydrogens is 270 g/mol. The van der Waals surface area contributed by atoms with E-state index in [-0.39, 0.29) is 6.09 Å². The first kappa shape index (κ1) is 15.8. The van der Waals surface area contributed by atoms with Gasteiger partial charge >= 0.3 is 6.09 Å². The lowest BCUT2D eigenvalue weighted by Crippen LogP contribution is -2.49. The van der Waals surface area contributed by atoms with Crippen molar-refractivity contribution in [2.24, 2.45) is 0 Å². The molecule has 2 rings (SSSR count). The van der Waals surface area contributed by atoms with Crippen molar-refractivity contribution >= 4 is 6.09 Å². The molecule has 1 fully saturated rings. The number of hydrogen-bond acceptors (Lipinski definition) is 4. The lowest BCUT2D eigenvalue weighted by atomic mass is 10.0. The highest BCUT2D eigenvalue weighted by Gasteiger charge is 2.32. The predicted octanol–water partition coefficient (Wildman–Crippen LogP) is 2.36. The first-order valence-corrected chi connectivity index (χ1v) is 7.19. The SMILES string of the molecule is CC(C)(C)OC(=O)N1CCO[C@@H]([C@H](O)c2ccccc2)C1. The minimum absolute atomic E-state index is 0.324. The molecule has 21 heavy (non-hydrogen) atoms. The van der Waals surface area contributed by atoms with Crippen molar-refractivity contribution in [1.82, 2.24) is 4.90 Å². The van der Waals surface area contributed by atoms with E-state index in [0.717, 1.165) is 5.56 Å². The van der Waals surface area contributed by atoms with Crippen LogP contribution in [0.25, 0.3) is 0 Å². The van der Waals surface area contributed by atoms with Gasteiger partial charge in [-0.05, 0) is 26.3 Å². The van der Waals surface area contributed by atoms with Crippen LogP contribution in [0.3, 0.4) is 0 Å². The summed E-state index contributed by atoms with van der Waals surface area (Å²) in [6.07, 6.45) is -1.55. The Morgan fingerprint density at radius 1 is 1.38 bits per heavy atom. The highest BCUT2D eigenvalue weighted by molar-refractivity contribution is 5.68. The molecule has 1 N–H and O–H groups in total. The third-order valence-corrected chi connectivity index (χ3v) is 3.24. The van der Waals surface area contributed by atoms with Crippen molar-refractivity contribution < 1.29 is 19.4 Å². The Labute approximate surface area is 125 Å². The molecule has 1 saturated heterocycles. The summed E-state index contributed by atoms with van der Waals surface area (Å²) in [6, 6.07) is 9.33. The van der Waals surface area contributed by atoms with Gasteiger partial charge in [-0.1, -0.05) is 30.3 Å². The summed E-state index contributed by atoms with van der Waals surface area (Å²) in [6.45, 7) is 6.70. The minimum Gasteiger partial charge on any atom is -0.444 e. The largest absolute Gasteiger partial charge is 0.444 e. The molecular formula is C16H23NO4. The summed E-state index contributed by atoms with van der Waals surface area (Å²) in [5.74, 6) is 0. The molecule has 0 aromatic heterocycles. The summed E-state index contributed by atoms with van der Waals surface area (Å²) in [4.78, 5) is 13.7. The lowest BCUT2D eigenvalue weighted by molar-refractivity contribution is -0.0908. The van der Waals surface area contributed by atoms with Crippen LogP contribution in [0.4, 0.5) is 4.79 Å². The molecule has 0 aliphatic carbocycles. The smallest absolute Gasteiger partial charge is 0.410 e. The quantitative estimate of drug-likeness (QED) is 0.909. The number of aliphatic hydroxyl groups is 1. The normalized spacial score (nSPS) is 21.0. The van der Waals surface area contributed by atoms with Crippen LogP contribution in [-0.4, -0.2) is 47.5 Å². The number of ether oxygens (including phenoxy) is 2. The number of carbonyl (C=O) groups is 1. The lowest BCUT2D eigenvalue weighted by Gasteiger charge is -2.36. The number of hydrogen-bond donors (Lipinski definition) is 1. The summed E-state index contributed by atoms with van der Waals surface area (Å²) in [5.41, 5.74) is 0.261. The second-order valence-corrected chi connectivity index (χ2v) is 6.19. The van der Waals surface area contributed by atoms with Crippen LogP contribution in [-0.2, 0) is 9.47 Å². The molecule has 0 bridgehead atoms. The number of aliphatic hydroxyl groups excluding tert-OH is 1. The monoisotopic (exact) mass is 293 g/mol. The molecule has 0 saturated carbocycles. The van der Waals surface area contributed by atoms with Gasteiger partial charge in [-0.15, -0.1) is 0 Å². The van der Waals surface area contributed by atoms with Crippen molar-refractivity contribution in [2.45, 2.75) is 38.6 Å². The van der Waals surface area contributed by atoms with E-state index in [0.29, 0.717) is 19.7 Å². The molecule has 116 valence electrons. The van der Waals surface area contributed by atoms with Gasteiger partial charge in [0, 0.05) is 6.54 Å². The number of morpholine rings is 1. The van der Waals surface area contributed by atoms with Gasteiger partial charge in [0.05, 0.1) is 13.2 Å². The number of carbonyl (C=O) groups excluding carboxylic acids is 1. The van der Waals surface area contributed by atoms with Crippen molar-refractivity contribution in [2.75, 3.05) is 19.7 Å². The average molecular weight is 293 g/mol. The first-order chi connectivity index (χ1) is 9.87. The van der Waals surface area contributed by atoms with Gasteiger partial charge in [0.15, 0.2) is 0 Å². The van der Waals surface area contributed by atoms with Gasteiger partial charge in [-0.2, -0.15) is 0 Å². The zero-order chi connectivity index (χ0) is 15.5. The highest BCUT2D eigenvalue weighted by Crippen LogP contribution is 2.23. The van der Waals surface area contributed by atoms with Crippen LogP contribution in [0.5, 0.6) is 0 Å². The van der Waals surface area contributed by atoms with E-state index >= 15 is 0 Å². The fourth-order valence-electron chi connectivity index (χ4n) is 2.22. The van der Waals surface area contributed by atoms with E-state index in [1.165, 1.54) is 0 Å². The van der Waals surface area contributed by atoms with E-state index in [4.69, 9.17) is 9.47 Å². The fraction of sp³-hybridized carbons (Fsp3) is 0.562. The van der Waals surface area contributed by atoms with Crippen molar-refractivity contribution in [3.63, 3.8) is 0 Å². The minimum atomic E-state index is -0.753. The van der Waals surface area contributed by atoms with Crippen molar-refractivity contribution in [1.29, 1.82) is 0 Å². The van der Waals surface area contributed by atoms with Crippen LogP contribution < -0.4 is 0 Å². The summed E-state index contributed by atoms with van der Waals surface area (Å²) in [5, 5.41) is 10.4. The number of nitrogens with zero attached hydrogens (tertiary/aromatic N) is 1. The standard InChI is InChI=1S/C16H23NO4/c1-16(2,3)21-15(19)17-9-10-20-13(11-17)14(18)12-7-5-4-6-8-12/h4-8,13-14,18H,9-11H2,1-3H3/t13-,14-/m1/s1. The highest BCUT2D eigenvalue weighted by atomic mass is 16.6. The Hall–Kier alpha value is -1.59. The zero-order valence-corrected chi connectivity index (χ0v) is 12.8. The fourth-order valence-corrected chi connectivity index (χ4v) is 2.22. The van der Waals surface area contributed by atoms with Crippen LogP contribution in [0.15, 0.2) is 30.3 Å². The third-order valence-electron chi connectivity index (χ3n) is 3.24. The maximum atomic E-state index is 12.1. The Bertz CT molecular complexity index is 469. The maximum Gasteiger partial charge on any atom is 0.410 e. The van der Waals surface area contributed by atoms with E-state index in [1.807, 2.05) is 51.1 Å². The molecule has 0 spiro atoms. The van der Waals surface area contributed by atoms with Crippen LogP contribution >= 0.6 is 0 Å². The maximum absolute atomic E-state index is 12.1. The van der Waals surface area contributed by atoms with Crippen LogP contribution in [0.1, 0.15) is 32.4 Å². The number of amides is 1. The van der Waals surface area contributed by atoms with Gasteiger partial charge in [0.25, 0.3) is 0 Å². The number of benzene rings is 1. The summed E-state index contributed by atoms with van der Waals surface area (Å²) >= 11 is 0. The Morgan fingerprint density at radius 2 is 2.05 bits per heavy atom. The molecule has 5 nitrogen and oxygen atoms in total. The van der Waals surface area contributed by atoms with Crippen LogP contribution in [0, 0.1) is 0 Å². The van der Waals surface area contributed by atoms with Gasteiger partial charge in [-0.25, -0.2) is 4.79 Å². The van der Waals surface area contributed by atoms with Crippen LogP contribution in [0.2, 0.25) is 0 Å².